The minimum atomic E-state index is -0.222. The Labute approximate surface area is 149 Å². The van der Waals surface area contributed by atoms with Crippen LogP contribution in [0.25, 0.3) is 0 Å². The van der Waals surface area contributed by atoms with Gasteiger partial charge >= 0.3 is 5.97 Å². The molecule has 0 saturated carbocycles. The van der Waals surface area contributed by atoms with Gasteiger partial charge in [0, 0.05) is 11.3 Å². The van der Waals surface area contributed by atoms with Gasteiger partial charge in [0.25, 0.3) is 0 Å². The van der Waals surface area contributed by atoms with Gasteiger partial charge < -0.3 is 9.47 Å². The van der Waals surface area contributed by atoms with Gasteiger partial charge in [-0.25, -0.2) is 0 Å². The van der Waals surface area contributed by atoms with Crippen molar-refractivity contribution in [1.29, 1.82) is 0 Å². The number of methoxy groups -OCH3 is 1. The van der Waals surface area contributed by atoms with E-state index in [2.05, 4.69) is 13.8 Å². The monoisotopic (exact) mass is 352 g/mol. The summed E-state index contributed by atoms with van der Waals surface area (Å²) in [5.41, 5.74) is 0.611. The molecule has 0 aliphatic carbocycles. The topological polar surface area (TPSA) is 52.6 Å². The summed E-state index contributed by atoms with van der Waals surface area (Å²) in [6, 6.07) is 6.96. The molecule has 0 aromatic heterocycles. The van der Waals surface area contributed by atoms with Crippen molar-refractivity contribution in [2.24, 2.45) is 5.92 Å². The number of thioether (sulfide) groups is 1. The fourth-order valence-corrected chi connectivity index (χ4v) is 2.98. The SMILES string of the molecule is CCCCC(CC)COC(=O)CCSC(=O)c1ccc(OC)cc1. The van der Waals surface area contributed by atoms with Crippen LogP contribution in [0.2, 0.25) is 0 Å². The minimum absolute atomic E-state index is 0.0418. The van der Waals surface area contributed by atoms with Crippen molar-refractivity contribution in [2.45, 2.75) is 46.0 Å². The van der Waals surface area contributed by atoms with Crippen LogP contribution in [-0.2, 0) is 9.53 Å². The second-order valence-electron chi connectivity index (χ2n) is 5.71. The van der Waals surface area contributed by atoms with Gasteiger partial charge in [-0.2, -0.15) is 0 Å². The zero-order valence-electron chi connectivity index (χ0n) is 14.9. The van der Waals surface area contributed by atoms with Gasteiger partial charge in [-0.1, -0.05) is 44.9 Å². The molecule has 0 bridgehead atoms. The van der Waals surface area contributed by atoms with Crippen molar-refractivity contribution in [3.05, 3.63) is 29.8 Å². The Morgan fingerprint density at radius 1 is 1.17 bits per heavy atom. The van der Waals surface area contributed by atoms with Crippen molar-refractivity contribution in [2.75, 3.05) is 19.5 Å². The number of rotatable bonds is 11. The number of carbonyl (C=O) groups excluding carboxylic acids is 2. The minimum Gasteiger partial charge on any atom is -0.497 e. The van der Waals surface area contributed by atoms with E-state index in [-0.39, 0.29) is 17.5 Å². The van der Waals surface area contributed by atoms with E-state index in [1.807, 2.05) is 0 Å². The summed E-state index contributed by atoms with van der Waals surface area (Å²) in [7, 11) is 1.59. The summed E-state index contributed by atoms with van der Waals surface area (Å²) >= 11 is 1.14. The number of hydrogen-bond acceptors (Lipinski definition) is 5. The molecule has 1 aromatic carbocycles. The molecule has 1 rings (SSSR count). The van der Waals surface area contributed by atoms with Gasteiger partial charge in [0.1, 0.15) is 5.75 Å². The Kier molecular flexibility index (Phi) is 10.2. The number of esters is 1. The highest BCUT2D eigenvalue weighted by molar-refractivity contribution is 8.14. The van der Waals surface area contributed by atoms with Gasteiger partial charge in [-0.05, 0) is 36.6 Å². The molecule has 5 heteroatoms. The largest absolute Gasteiger partial charge is 0.497 e. The van der Waals surface area contributed by atoms with E-state index >= 15 is 0 Å². The molecule has 1 aromatic rings. The third kappa shape index (κ3) is 7.86. The van der Waals surface area contributed by atoms with Crippen LogP contribution in [0.5, 0.6) is 5.75 Å². The molecule has 1 unspecified atom stereocenters. The molecule has 0 saturated heterocycles. The number of unbranched alkanes of at least 4 members (excludes halogenated alkanes) is 1. The van der Waals surface area contributed by atoms with Crippen LogP contribution < -0.4 is 4.74 Å². The normalized spacial score (nSPS) is 11.8. The first-order chi connectivity index (χ1) is 11.6. The maximum atomic E-state index is 12.0. The average molecular weight is 352 g/mol. The Balaban J connectivity index is 2.25. The molecule has 0 N–H and O–H groups in total. The fourth-order valence-electron chi connectivity index (χ4n) is 2.22. The summed E-state index contributed by atoms with van der Waals surface area (Å²) in [5.74, 6) is 1.38. The maximum Gasteiger partial charge on any atom is 0.306 e. The summed E-state index contributed by atoms with van der Waals surface area (Å²) in [6.07, 6.45) is 4.72. The second-order valence-corrected chi connectivity index (χ2v) is 6.78. The van der Waals surface area contributed by atoms with E-state index in [0.717, 1.165) is 31.0 Å². The third-order valence-corrected chi connectivity index (χ3v) is 4.79. The molecule has 24 heavy (non-hydrogen) atoms. The lowest BCUT2D eigenvalue weighted by molar-refractivity contribution is -0.144. The average Bonchev–Trinajstić information content (AvgIpc) is 2.61. The highest BCUT2D eigenvalue weighted by Crippen LogP contribution is 2.18. The summed E-state index contributed by atoms with van der Waals surface area (Å²) in [5, 5.41) is -0.0418. The number of carbonyl (C=O) groups is 2. The van der Waals surface area contributed by atoms with Crippen LogP contribution in [0, 0.1) is 5.92 Å². The number of ether oxygens (including phenoxy) is 2. The smallest absolute Gasteiger partial charge is 0.306 e. The lowest BCUT2D eigenvalue weighted by Crippen LogP contribution is -2.14. The van der Waals surface area contributed by atoms with E-state index in [1.54, 1.807) is 31.4 Å². The second kappa shape index (κ2) is 12.0. The van der Waals surface area contributed by atoms with Crippen molar-refractivity contribution in [3.8, 4) is 5.75 Å². The van der Waals surface area contributed by atoms with Crippen LogP contribution in [-0.4, -0.2) is 30.6 Å². The van der Waals surface area contributed by atoms with Gasteiger partial charge in [0.05, 0.1) is 20.1 Å². The predicted molar refractivity (Wildman–Crippen MR) is 98.7 cm³/mol. The van der Waals surface area contributed by atoms with Gasteiger partial charge in [-0.3, -0.25) is 9.59 Å². The fraction of sp³-hybridized carbons (Fsp3) is 0.579. The lowest BCUT2D eigenvalue weighted by atomic mass is 10.0. The van der Waals surface area contributed by atoms with E-state index in [9.17, 15) is 9.59 Å². The molecular formula is C19H28O4S. The van der Waals surface area contributed by atoms with Crippen LogP contribution in [0.15, 0.2) is 24.3 Å². The van der Waals surface area contributed by atoms with Crippen LogP contribution in [0.3, 0.4) is 0 Å². The molecule has 0 amide bonds. The molecule has 134 valence electrons. The molecule has 4 nitrogen and oxygen atoms in total. The van der Waals surface area contributed by atoms with Crippen LogP contribution in [0.1, 0.15) is 56.3 Å². The third-order valence-electron chi connectivity index (χ3n) is 3.89. The van der Waals surface area contributed by atoms with Gasteiger partial charge in [-0.15, -0.1) is 0 Å². The first-order valence-corrected chi connectivity index (χ1v) is 9.56. The van der Waals surface area contributed by atoms with E-state index in [0.29, 0.717) is 29.6 Å². The molecule has 0 heterocycles. The van der Waals surface area contributed by atoms with E-state index in [4.69, 9.17) is 9.47 Å². The molecule has 0 aliphatic heterocycles. The van der Waals surface area contributed by atoms with E-state index in [1.165, 1.54) is 6.42 Å². The molecule has 0 fully saturated rings. The summed E-state index contributed by atoms with van der Waals surface area (Å²) in [4.78, 5) is 23.8. The lowest BCUT2D eigenvalue weighted by Gasteiger charge is -2.14. The molecule has 0 spiro atoms. The number of benzene rings is 1. The first kappa shape index (κ1) is 20.6. The standard InChI is InChI=1S/C19H28O4S/c1-4-6-7-15(5-2)14-23-18(20)12-13-24-19(21)16-8-10-17(22-3)11-9-16/h8-11,15H,4-7,12-14H2,1-3H3. The Morgan fingerprint density at radius 2 is 1.88 bits per heavy atom. The first-order valence-electron chi connectivity index (χ1n) is 8.57. The Hall–Kier alpha value is -1.49. The van der Waals surface area contributed by atoms with Crippen molar-refractivity contribution >= 4 is 22.8 Å². The molecule has 0 radical (unpaired) electrons. The van der Waals surface area contributed by atoms with Crippen molar-refractivity contribution < 1.29 is 19.1 Å². The van der Waals surface area contributed by atoms with Gasteiger partial charge in [0.2, 0.25) is 5.12 Å². The molecule has 0 aliphatic rings. The molecular weight excluding hydrogens is 324 g/mol. The van der Waals surface area contributed by atoms with Crippen LogP contribution in [0.4, 0.5) is 0 Å². The highest BCUT2D eigenvalue weighted by atomic mass is 32.2. The predicted octanol–water partition coefficient (Wildman–Crippen LogP) is 4.72. The van der Waals surface area contributed by atoms with Crippen LogP contribution >= 0.6 is 11.8 Å². The van der Waals surface area contributed by atoms with E-state index < -0.39 is 0 Å². The van der Waals surface area contributed by atoms with Crippen molar-refractivity contribution in [3.63, 3.8) is 0 Å². The van der Waals surface area contributed by atoms with Crippen molar-refractivity contribution in [1.82, 2.24) is 0 Å². The maximum absolute atomic E-state index is 12.0. The Morgan fingerprint density at radius 3 is 2.46 bits per heavy atom. The highest BCUT2D eigenvalue weighted by Gasteiger charge is 2.12. The zero-order valence-corrected chi connectivity index (χ0v) is 15.7. The summed E-state index contributed by atoms with van der Waals surface area (Å²) in [6.45, 7) is 4.78. The Bertz CT molecular complexity index is 499. The molecule has 1 atom stereocenters. The summed E-state index contributed by atoms with van der Waals surface area (Å²) < 4.78 is 10.4. The number of hydrogen-bond donors (Lipinski definition) is 0. The quantitative estimate of drug-likeness (QED) is 0.539. The van der Waals surface area contributed by atoms with Gasteiger partial charge in [0.15, 0.2) is 0 Å². The zero-order chi connectivity index (χ0) is 17.8.